The molecule has 10 aromatic rings. The lowest BCUT2D eigenvalue weighted by atomic mass is 9.51. The lowest BCUT2D eigenvalue weighted by Gasteiger charge is -2.50. The van der Waals surface area contributed by atoms with Crippen molar-refractivity contribution in [3.8, 4) is 62.2 Å². The number of rotatable bonds is 6. The zero-order valence-corrected chi connectivity index (χ0v) is 34.9. The van der Waals surface area contributed by atoms with Gasteiger partial charge in [0.1, 0.15) is 0 Å². The summed E-state index contributed by atoms with van der Waals surface area (Å²) >= 11 is 0. The van der Waals surface area contributed by atoms with E-state index in [1.807, 2.05) is 42.5 Å². The number of hydrogen-bond acceptors (Lipinski definition) is 3. The van der Waals surface area contributed by atoms with Crippen molar-refractivity contribution >= 4 is 0 Å². The monoisotopic (exact) mass is 813 g/mol. The van der Waals surface area contributed by atoms with Crippen molar-refractivity contribution in [2.75, 3.05) is 0 Å². The van der Waals surface area contributed by atoms with Gasteiger partial charge in [-0.3, -0.25) is 0 Å². The molecule has 0 unspecified atom stereocenters. The van der Waals surface area contributed by atoms with Gasteiger partial charge in [0.2, 0.25) is 0 Å². The molecule has 12 rings (SSSR count). The summed E-state index contributed by atoms with van der Waals surface area (Å²) in [5.41, 5.74) is 19.1. The number of fused-ring (bicyclic) bond motifs is 9. The van der Waals surface area contributed by atoms with Gasteiger partial charge in [0.25, 0.3) is 0 Å². The Morgan fingerprint density at radius 2 is 0.734 bits per heavy atom. The SMILES string of the molecule is N#Cc1ccc(-c2nc(-c3ccccc3)cc(-c3ccc(-c4ccc5c(c4)C4(c6ccccc6-5)c5ccccc5C(c5ccccc5)(c5ccccc5)c5ccccc54)cc3)n2)cc1. The van der Waals surface area contributed by atoms with Gasteiger partial charge < -0.3 is 0 Å². The smallest absolute Gasteiger partial charge is 0.160 e. The summed E-state index contributed by atoms with van der Waals surface area (Å²) in [6.07, 6.45) is 0. The lowest BCUT2D eigenvalue weighted by molar-refractivity contribution is 0.624. The molecule has 3 nitrogen and oxygen atoms in total. The molecular formula is C61H39N3. The van der Waals surface area contributed by atoms with Crippen LogP contribution in [-0.2, 0) is 10.8 Å². The largest absolute Gasteiger partial charge is 0.228 e. The van der Waals surface area contributed by atoms with Crippen LogP contribution in [0.15, 0.2) is 237 Å². The van der Waals surface area contributed by atoms with Gasteiger partial charge in [-0.15, -0.1) is 0 Å². The van der Waals surface area contributed by atoms with Crippen LogP contribution in [0.4, 0.5) is 0 Å². The fourth-order valence-corrected chi connectivity index (χ4v) is 10.8. The van der Waals surface area contributed by atoms with Gasteiger partial charge in [0.15, 0.2) is 5.82 Å². The molecule has 0 N–H and O–H groups in total. The molecule has 0 aliphatic heterocycles. The molecular weight excluding hydrogens is 775 g/mol. The maximum absolute atomic E-state index is 9.44. The summed E-state index contributed by atoms with van der Waals surface area (Å²) in [5.74, 6) is 0.616. The molecule has 1 heterocycles. The molecule has 0 amide bonds. The highest BCUT2D eigenvalue weighted by Crippen LogP contribution is 2.64. The molecule has 298 valence electrons. The van der Waals surface area contributed by atoms with Gasteiger partial charge in [-0.25, -0.2) is 9.97 Å². The molecule has 0 saturated carbocycles. The van der Waals surface area contributed by atoms with Gasteiger partial charge in [0.05, 0.1) is 33.9 Å². The molecule has 64 heavy (non-hydrogen) atoms. The van der Waals surface area contributed by atoms with Crippen molar-refractivity contribution in [1.82, 2.24) is 9.97 Å². The second-order valence-corrected chi connectivity index (χ2v) is 16.7. The third-order valence-corrected chi connectivity index (χ3v) is 13.5. The van der Waals surface area contributed by atoms with Crippen LogP contribution in [-0.4, -0.2) is 9.97 Å². The molecule has 2 aliphatic rings. The summed E-state index contributed by atoms with van der Waals surface area (Å²) in [5, 5.41) is 9.44. The van der Waals surface area contributed by atoms with Crippen molar-refractivity contribution in [3.05, 3.63) is 287 Å². The van der Waals surface area contributed by atoms with Crippen molar-refractivity contribution in [1.29, 1.82) is 5.26 Å². The first-order valence-electron chi connectivity index (χ1n) is 21.8. The van der Waals surface area contributed by atoms with Crippen LogP contribution in [0.25, 0.3) is 56.2 Å². The topological polar surface area (TPSA) is 49.6 Å². The Kier molecular flexibility index (Phi) is 8.67. The van der Waals surface area contributed by atoms with Crippen LogP contribution in [0, 0.1) is 11.3 Å². The second kappa shape index (κ2) is 14.9. The van der Waals surface area contributed by atoms with E-state index in [2.05, 4.69) is 200 Å². The van der Waals surface area contributed by atoms with E-state index >= 15 is 0 Å². The van der Waals surface area contributed by atoms with E-state index in [9.17, 15) is 5.26 Å². The minimum atomic E-state index is -0.571. The normalized spacial score (nSPS) is 13.5. The average Bonchev–Trinajstić information content (AvgIpc) is 3.67. The number of nitriles is 1. The van der Waals surface area contributed by atoms with Crippen LogP contribution in [0.5, 0.6) is 0 Å². The Morgan fingerprint density at radius 1 is 0.312 bits per heavy atom. The standard InChI is InChI=1S/C61H39N3/c62-40-41-28-30-45(31-29-41)59-63-57(43-16-4-1-5-17-43)39-58(64-59)44-34-32-42(33-35-44)46-36-37-50-49-22-10-11-23-51(49)61(56(50)38-46)54-26-14-12-24-52(54)60(47-18-6-2-7-19-47,48-20-8-3-9-21-48)53-25-13-15-27-55(53)61/h1-39H. The third kappa shape index (κ3) is 5.53. The summed E-state index contributed by atoms with van der Waals surface area (Å²) in [6.45, 7) is 0. The van der Waals surface area contributed by atoms with Crippen LogP contribution in [0.1, 0.15) is 50.1 Å². The first-order valence-corrected chi connectivity index (χ1v) is 21.8. The van der Waals surface area contributed by atoms with Crippen molar-refractivity contribution in [2.45, 2.75) is 10.8 Å². The molecule has 9 aromatic carbocycles. The Hall–Kier alpha value is -8.45. The predicted octanol–water partition coefficient (Wildman–Crippen LogP) is 14.1. The number of hydrogen-bond donors (Lipinski definition) is 0. The third-order valence-electron chi connectivity index (χ3n) is 13.5. The van der Waals surface area contributed by atoms with Crippen LogP contribution >= 0.6 is 0 Å². The lowest BCUT2D eigenvalue weighted by Crippen LogP contribution is -2.44. The Bertz CT molecular complexity index is 3330. The summed E-state index contributed by atoms with van der Waals surface area (Å²) in [6, 6.07) is 87.4. The van der Waals surface area contributed by atoms with E-state index in [0.29, 0.717) is 11.4 Å². The first-order chi connectivity index (χ1) is 31.7. The summed E-state index contributed by atoms with van der Waals surface area (Å²) < 4.78 is 0. The maximum atomic E-state index is 9.44. The van der Waals surface area contributed by atoms with Gasteiger partial charge in [-0.1, -0.05) is 200 Å². The van der Waals surface area contributed by atoms with E-state index in [1.54, 1.807) is 0 Å². The molecule has 0 fully saturated rings. The van der Waals surface area contributed by atoms with Crippen molar-refractivity contribution in [3.63, 3.8) is 0 Å². The first kappa shape index (κ1) is 37.3. The summed E-state index contributed by atoms with van der Waals surface area (Å²) in [4.78, 5) is 10.1. The van der Waals surface area contributed by atoms with Crippen LogP contribution in [0.2, 0.25) is 0 Å². The van der Waals surface area contributed by atoms with E-state index < -0.39 is 10.8 Å². The van der Waals surface area contributed by atoms with Crippen molar-refractivity contribution in [2.24, 2.45) is 0 Å². The Balaban J connectivity index is 1.04. The highest BCUT2D eigenvalue weighted by Gasteiger charge is 2.56. The Morgan fingerprint density at radius 3 is 1.30 bits per heavy atom. The quantitative estimate of drug-likeness (QED) is 0.168. The highest BCUT2D eigenvalue weighted by atomic mass is 14.9. The van der Waals surface area contributed by atoms with Crippen molar-refractivity contribution < 1.29 is 0 Å². The second-order valence-electron chi connectivity index (χ2n) is 16.7. The summed E-state index contributed by atoms with van der Waals surface area (Å²) in [7, 11) is 0. The van der Waals surface area contributed by atoms with Gasteiger partial charge in [0, 0.05) is 16.7 Å². The molecule has 1 aromatic heterocycles. The van der Waals surface area contributed by atoms with E-state index in [-0.39, 0.29) is 0 Å². The molecule has 3 heteroatoms. The molecule has 0 atom stereocenters. The predicted molar refractivity (Wildman–Crippen MR) is 258 cm³/mol. The zero-order valence-electron chi connectivity index (χ0n) is 34.9. The molecule has 0 radical (unpaired) electrons. The molecule has 2 aliphatic carbocycles. The molecule has 0 saturated heterocycles. The molecule has 0 bridgehead atoms. The van der Waals surface area contributed by atoms with Gasteiger partial charge in [-0.2, -0.15) is 5.26 Å². The fraction of sp³-hybridized carbons (Fsp3) is 0.0328. The fourth-order valence-electron chi connectivity index (χ4n) is 10.8. The Labute approximate surface area is 373 Å². The molecule has 1 spiro atoms. The number of aromatic nitrogens is 2. The van der Waals surface area contributed by atoms with E-state index in [0.717, 1.165) is 39.2 Å². The minimum absolute atomic E-state index is 0.548. The number of benzene rings is 9. The average molecular weight is 814 g/mol. The highest BCUT2D eigenvalue weighted by molar-refractivity contribution is 5.91. The van der Waals surface area contributed by atoms with Gasteiger partial charge >= 0.3 is 0 Å². The zero-order chi connectivity index (χ0) is 42.7. The van der Waals surface area contributed by atoms with Crippen LogP contribution in [0.3, 0.4) is 0 Å². The van der Waals surface area contributed by atoms with E-state index in [1.165, 1.54) is 55.6 Å². The van der Waals surface area contributed by atoms with Gasteiger partial charge in [-0.05, 0) is 103 Å². The van der Waals surface area contributed by atoms with E-state index in [4.69, 9.17) is 9.97 Å². The maximum Gasteiger partial charge on any atom is 0.160 e. The van der Waals surface area contributed by atoms with Crippen LogP contribution < -0.4 is 0 Å². The minimum Gasteiger partial charge on any atom is -0.228 e. The number of nitrogens with zero attached hydrogens (tertiary/aromatic N) is 3.